The van der Waals surface area contributed by atoms with Gasteiger partial charge < -0.3 is 15.2 Å². The molecule has 4 rings (SSSR count). The number of oxime groups is 1. The molecule has 0 atom stereocenters. The highest BCUT2D eigenvalue weighted by Crippen LogP contribution is 2.39. The Bertz CT molecular complexity index is 1140. The summed E-state index contributed by atoms with van der Waals surface area (Å²) in [7, 11) is 1.65. The number of halogens is 1. The van der Waals surface area contributed by atoms with Crippen LogP contribution >= 0.6 is 0 Å². The van der Waals surface area contributed by atoms with Crippen molar-refractivity contribution in [1.82, 2.24) is 9.88 Å². The summed E-state index contributed by atoms with van der Waals surface area (Å²) in [5.41, 5.74) is 3.80. The average molecular weight is 379 g/mol. The van der Waals surface area contributed by atoms with Crippen LogP contribution in [0.15, 0.2) is 41.7 Å². The van der Waals surface area contributed by atoms with Gasteiger partial charge in [0.05, 0.1) is 11.3 Å². The third-order valence-corrected chi connectivity index (χ3v) is 5.07. The van der Waals surface area contributed by atoms with Gasteiger partial charge in [0.25, 0.3) is 5.91 Å². The zero-order valence-corrected chi connectivity index (χ0v) is 15.4. The van der Waals surface area contributed by atoms with Crippen molar-refractivity contribution < 1.29 is 19.5 Å². The summed E-state index contributed by atoms with van der Waals surface area (Å²) in [5, 5.41) is 24.0. The Morgan fingerprint density at radius 3 is 2.68 bits per heavy atom. The van der Waals surface area contributed by atoms with Crippen LogP contribution < -0.4 is 0 Å². The molecule has 0 bridgehead atoms. The van der Waals surface area contributed by atoms with Crippen molar-refractivity contribution in [2.45, 2.75) is 19.9 Å². The fraction of sp³-hybridized carbons (Fsp3) is 0.190. The number of aromatic hydroxyl groups is 1. The minimum absolute atomic E-state index is 0.165. The van der Waals surface area contributed by atoms with Crippen LogP contribution in [0.25, 0.3) is 10.9 Å². The van der Waals surface area contributed by atoms with Crippen molar-refractivity contribution in [3.8, 4) is 5.75 Å². The number of carbonyl (C=O) groups is 1. The number of phenols is 1. The van der Waals surface area contributed by atoms with Gasteiger partial charge in [-0.05, 0) is 48.2 Å². The molecular weight excluding hydrogens is 361 g/mol. The first-order chi connectivity index (χ1) is 13.4. The number of fused-ring (bicyclic) bond motifs is 2. The molecule has 7 heteroatoms. The molecule has 2 heterocycles. The second-order valence-corrected chi connectivity index (χ2v) is 6.97. The highest BCUT2D eigenvalue weighted by molar-refractivity contribution is 6.17. The maximum Gasteiger partial charge on any atom is 0.258 e. The highest BCUT2D eigenvalue weighted by Gasteiger charge is 2.33. The van der Waals surface area contributed by atoms with Gasteiger partial charge in [-0.1, -0.05) is 17.3 Å². The molecule has 0 fully saturated rings. The number of nitrogens with zero attached hydrogens (tertiary/aromatic N) is 3. The minimum Gasteiger partial charge on any atom is -0.505 e. The monoisotopic (exact) mass is 379 g/mol. The van der Waals surface area contributed by atoms with Gasteiger partial charge in [-0.15, -0.1) is 0 Å². The number of hydrogen-bond acceptors (Lipinski definition) is 5. The Kier molecular flexibility index (Phi) is 4.22. The lowest BCUT2D eigenvalue weighted by molar-refractivity contribution is 0.0814. The van der Waals surface area contributed by atoms with Crippen molar-refractivity contribution in [2.24, 2.45) is 5.16 Å². The van der Waals surface area contributed by atoms with Gasteiger partial charge in [-0.25, -0.2) is 4.39 Å². The predicted molar refractivity (Wildman–Crippen MR) is 102 cm³/mol. The molecule has 0 radical (unpaired) electrons. The Labute approximate surface area is 160 Å². The van der Waals surface area contributed by atoms with Gasteiger partial charge in [0.1, 0.15) is 11.3 Å². The third-order valence-electron chi connectivity index (χ3n) is 5.07. The zero-order valence-electron chi connectivity index (χ0n) is 15.4. The second kappa shape index (κ2) is 6.60. The first-order valence-electron chi connectivity index (χ1n) is 8.76. The molecule has 3 aromatic rings. The fourth-order valence-electron chi connectivity index (χ4n) is 3.72. The lowest BCUT2D eigenvalue weighted by Crippen LogP contribution is -2.17. The van der Waals surface area contributed by atoms with Gasteiger partial charge in [-0.3, -0.25) is 9.78 Å². The smallest absolute Gasteiger partial charge is 0.258 e. The number of hydrogen-bond donors (Lipinski definition) is 2. The molecule has 6 nitrogen and oxygen atoms in total. The molecule has 0 aliphatic carbocycles. The van der Waals surface area contributed by atoms with Crippen molar-refractivity contribution in [2.75, 3.05) is 7.05 Å². The Balaban J connectivity index is 1.93. The zero-order chi connectivity index (χ0) is 20.0. The summed E-state index contributed by atoms with van der Waals surface area (Å²) in [6, 6.07) is 8.07. The number of benzene rings is 2. The normalized spacial score (nSPS) is 14.0. The maximum absolute atomic E-state index is 13.1. The maximum atomic E-state index is 13.1. The molecule has 1 amide bonds. The molecule has 1 aliphatic rings. The molecular formula is C21H18FN3O3. The Morgan fingerprint density at radius 1 is 1.29 bits per heavy atom. The van der Waals surface area contributed by atoms with Crippen LogP contribution in [0.3, 0.4) is 0 Å². The van der Waals surface area contributed by atoms with Crippen LogP contribution in [0.2, 0.25) is 0 Å². The van der Waals surface area contributed by atoms with E-state index in [4.69, 9.17) is 0 Å². The number of phenolic OH excluding ortho intramolecular Hbond substituents is 1. The van der Waals surface area contributed by atoms with E-state index in [1.165, 1.54) is 17.0 Å². The Hall–Kier alpha value is -3.48. The van der Waals surface area contributed by atoms with Crippen LogP contribution in [0.1, 0.15) is 39.5 Å². The molecule has 0 saturated heterocycles. The summed E-state index contributed by atoms with van der Waals surface area (Å²) >= 11 is 0. The first kappa shape index (κ1) is 17.9. The van der Waals surface area contributed by atoms with Crippen molar-refractivity contribution in [3.63, 3.8) is 0 Å². The summed E-state index contributed by atoms with van der Waals surface area (Å²) in [4.78, 5) is 18.3. The lowest BCUT2D eigenvalue weighted by atomic mass is 9.92. The van der Waals surface area contributed by atoms with Gasteiger partial charge in [0.15, 0.2) is 5.75 Å². The van der Waals surface area contributed by atoms with E-state index >= 15 is 0 Å². The number of pyridine rings is 1. The molecule has 0 saturated carbocycles. The molecule has 0 spiro atoms. The number of aromatic nitrogens is 1. The largest absolute Gasteiger partial charge is 0.505 e. The highest BCUT2D eigenvalue weighted by atomic mass is 19.1. The van der Waals surface area contributed by atoms with Gasteiger partial charge in [0, 0.05) is 30.7 Å². The summed E-state index contributed by atoms with van der Waals surface area (Å²) in [6.07, 6.45) is 2.14. The van der Waals surface area contributed by atoms with Crippen LogP contribution in [0.5, 0.6) is 5.75 Å². The lowest BCUT2D eigenvalue weighted by Gasteiger charge is -2.13. The molecule has 1 aliphatic heterocycles. The van der Waals surface area contributed by atoms with Crippen molar-refractivity contribution in [3.05, 3.63) is 70.2 Å². The van der Waals surface area contributed by atoms with E-state index in [9.17, 15) is 19.5 Å². The van der Waals surface area contributed by atoms with Crippen LogP contribution in [0.4, 0.5) is 4.39 Å². The first-order valence-corrected chi connectivity index (χ1v) is 8.76. The van der Waals surface area contributed by atoms with E-state index in [1.807, 2.05) is 6.07 Å². The number of rotatable bonds is 3. The van der Waals surface area contributed by atoms with E-state index in [-0.39, 0.29) is 28.6 Å². The van der Waals surface area contributed by atoms with Crippen LogP contribution in [-0.4, -0.2) is 38.9 Å². The molecule has 2 N–H and O–H groups in total. The van der Waals surface area contributed by atoms with Crippen molar-refractivity contribution in [1.29, 1.82) is 0 Å². The van der Waals surface area contributed by atoms with Crippen LogP contribution in [-0.2, 0) is 13.0 Å². The minimum atomic E-state index is -0.299. The fourth-order valence-corrected chi connectivity index (χ4v) is 3.72. The van der Waals surface area contributed by atoms with E-state index in [1.54, 1.807) is 32.3 Å². The van der Waals surface area contributed by atoms with Gasteiger partial charge in [0.2, 0.25) is 0 Å². The quantitative estimate of drug-likeness (QED) is 0.415. The number of carbonyl (C=O) groups excluding carboxylic acids is 1. The molecule has 142 valence electrons. The summed E-state index contributed by atoms with van der Waals surface area (Å²) in [6.45, 7) is 1.95. The SMILES string of the molecule is C/C(=N\O)c1c2c(c(O)c3ncc(Cc4ccc(F)cc4)cc13)C(=O)N(C)C2. The molecule has 2 aromatic carbocycles. The second-order valence-electron chi connectivity index (χ2n) is 6.97. The van der Waals surface area contributed by atoms with Gasteiger partial charge >= 0.3 is 0 Å². The third kappa shape index (κ3) is 2.76. The van der Waals surface area contributed by atoms with E-state index < -0.39 is 0 Å². The van der Waals surface area contributed by atoms with Crippen molar-refractivity contribution >= 4 is 22.5 Å². The van der Waals surface area contributed by atoms with Crippen LogP contribution in [0, 0.1) is 5.82 Å². The van der Waals surface area contributed by atoms with E-state index in [0.717, 1.165) is 11.1 Å². The number of amides is 1. The average Bonchev–Trinajstić information content (AvgIpc) is 2.98. The molecule has 0 unspecified atom stereocenters. The standard InChI is InChI=1S/C21H18FN3O3/c1-11(24-28)17-15-8-13(7-12-3-5-14(22)6-4-12)9-23-19(15)20(26)18-16(17)10-25(2)21(18)27/h3-6,8-9,26,28H,7,10H2,1-2H3/b24-11+. The van der Waals surface area contributed by atoms with E-state index in [0.29, 0.717) is 35.2 Å². The van der Waals surface area contributed by atoms with E-state index in [2.05, 4.69) is 10.1 Å². The molecule has 1 aromatic heterocycles. The Morgan fingerprint density at radius 2 is 2.00 bits per heavy atom. The summed E-state index contributed by atoms with van der Waals surface area (Å²) < 4.78 is 13.1. The van der Waals surface area contributed by atoms with Gasteiger partial charge in [-0.2, -0.15) is 0 Å². The topological polar surface area (TPSA) is 86.0 Å². The predicted octanol–water partition coefficient (Wildman–Crippen LogP) is 3.45. The molecule has 28 heavy (non-hydrogen) atoms. The summed E-state index contributed by atoms with van der Waals surface area (Å²) in [5.74, 6) is -0.757.